The van der Waals surface area contributed by atoms with Gasteiger partial charge in [-0.25, -0.2) is 0 Å². The molecule has 0 spiro atoms. The highest BCUT2D eigenvalue weighted by molar-refractivity contribution is 6.34. The lowest BCUT2D eigenvalue weighted by molar-refractivity contribution is -0.113. The third kappa shape index (κ3) is 5.07. The molecule has 9 heteroatoms. The molecule has 0 unspecified atom stereocenters. The van der Waals surface area contributed by atoms with Gasteiger partial charge in [0.25, 0.3) is 11.8 Å². The molecule has 0 bridgehead atoms. The van der Waals surface area contributed by atoms with Crippen LogP contribution in [0.2, 0.25) is 5.02 Å². The van der Waals surface area contributed by atoms with Crippen LogP contribution in [0.3, 0.4) is 0 Å². The number of anilines is 1. The fourth-order valence-electron chi connectivity index (χ4n) is 3.28. The van der Waals surface area contributed by atoms with Crippen molar-refractivity contribution in [3.63, 3.8) is 0 Å². The molecule has 0 radical (unpaired) electrons. The van der Waals surface area contributed by atoms with E-state index in [0.29, 0.717) is 34.2 Å². The van der Waals surface area contributed by atoms with Crippen LogP contribution in [0, 0.1) is 0 Å². The van der Waals surface area contributed by atoms with E-state index in [9.17, 15) is 9.59 Å². The van der Waals surface area contributed by atoms with Gasteiger partial charge in [0.15, 0.2) is 23.0 Å². The van der Waals surface area contributed by atoms with Crippen molar-refractivity contribution >= 4 is 35.2 Å². The van der Waals surface area contributed by atoms with Crippen molar-refractivity contribution < 1.29 is 28.5 Å². The number of hydrogen-bond acceptors (Lipinski definition) is 6. The zero-order valence-corrected chi connectivity index (χ0v) is 19.1. The molecule has 34 heavy (non-hydrogen) atoms. The van der Waals surface area contributed by atoms with Crippen LogP contribution >= 0.6 is 11.6 Å². The van der Waals surface area contributed by atoms with Gasteiger partial charge in [0.1, 0.15) is 5.70 Å². The molecule has 2 N–H and O–H groups in total. The zero-order valence-electron chi connectivity index (χ0n) is 18.4. The van der Waals surface area contributed by atoms with Crippen LogP contribution in [-0.4, -0.2) is 32.8 Å². The molecule has 3 aromatic rings. The lowest BCUT2D eigenvalue weighted by atomic mass is 10.1. The molecular formula is C25H21ClN2O6. The highest BCUT2D eigenvalue weighted by Gasteiger charge is 2.19. The Balaban J connectivity index is 1.65. The van der Waals surface area contributed by atoms with Crippen LogP contribution in [0.5, 0.6) is 23.0 Å². The maximum atomic E-state index is 13.2. The van der Waals surface area contributed by atoms with E-state index in [1.165, 1.54) is 20.3 Å². The summed E-state index contributed by atoms with van der Waals surface area (Å²) in [7, 11) is 3.02. The summed E-state index contributed by atoms with van der Waals surface area (Å²) in [6.45, 7) is 0.123. The van der Waals surface area contributed by atoms with Gasteiger partial charge in [0.05, 0.1) is 24.8 Å². The average molecular weight is 481 g/mol. The second-order valence-corrected chi connectivity index (χ2v) is 7.54. The summed E-state index contributed by atoms with van der Waals surface area (Å²) in [5, 5.41) is 5.69. The molecule has 0 saturated carbocycles. The van der Waals surface area contributed by atoms with E-state index in [2.05, 4.69) is 10.6 Å². The highest BCUT2D eigenvalue weighted by atomic mass is 35.5. The minimum absolute atomic E-state index is 0.00132. The molecule has 0 saturated heterocycles. The maximum absolute atomic E-state index is 13.2. The lowest BCUT2D eigenvalue weighted by Gasteiger charge is -2.14. The summed E-state index contributed by atoms with van der Waals surface area (Å²) in [4.78, 5) is 26.1. The van der Waals surface area contributed by atoms with E-state index < -0.39 is 11.8 Å². The average Bonchev–Trinajstić information content (AvgIpc) is 3.31. The number of carbonyl (C=O) groups excluding carboxylic acids is 2. The predicted octanol–water partition coefficient (Wildman–Crippen LogP) is 4.50. The van der Waals surface area contributed by atoms with Crippen molar-refractivity contribution in [1.29, 1.82) is 0 Å². The van der Waals surface area contributed by atoms with Crippen LogP contribution in [0.4, 0.5) is 5.69 Å². The Kier molecular flexibility index (Phi) is 6.89. The number of ether oxygens (including phenoxy) is 4. The van der Waals surface area contributed by atoms with Gasteiger partial charge in [-0.2, -0.15) is 0 Å². The smallest absolute Gasteiger partial charge is 0.272 e. The largest absolute Gasteiger partial charge is 0.493 e. The molecule has 4 rings (SSSR count). The third-order valence-corrected chi connectivity index (χ3v) is 5.29. The fourth-order valence-corrected chi connectivity index (χ4v) is 3.50. The second kappa shape index (κ2) is 10.2. The lowest BCUT2D eigenvalue weighted by Crippen LogP contribution is -2.31. The van der Waals surface area contributed by atoms with Crippen LogP contribution in [0.1, 0.15) is 15.9 Å². The van der Waals surface area contributed by atoms with Crippen molar-refractivity contribution in [2.45, 2.75) is 0 Å². The summed E-state index contributed by atoms with van der Waals surface area (Å²) < 4.78 is 21.3. The number of nitrogens with one attached hydrogen (secondary N) is 2. The third-order valence-electron chi connectivity index (χ3n) is 4.96. The first kappa shape index (κ1) is 23.0. The summed E-state index contributed by atoms with van der Waals surface area (Å²) in [5.74, 6) is 1.04. The molecule has 0 aromatic heterocycles. The number of benzene rings is 3. The van der Waals surface area contributed by atoms with Crippen molar-refractivity contribution in [1.82, 2.24) is 5.32 Å². The Labute approximate surface area is 201 Å². The number of fused-ring (bicyclic) bond motifs is 1. The van der Waals surface area contributed by atoms with E-state index >= 15 is 0 Å². The molecular weight excluding hydrogens is 460 g/mol. The van der Waals surface area contributed by atoms with Gasteiger partial charge in [0, 0.05) is 11.8 Å². The quantitative estimate of drug-likeness (QED) is 0.484. The molecule has 174 valence electrons. The van der Waals surface area contributed by atoms with Crippen LogP contribution < -0.4 is 29.6 Å². The summed E-state index contributed by atoms with van der Waals surface area (Å²) in [6, 6.07) is 16.7. The van der Waals surface area contributed by atoms with E-state index in [1.54, 1.807) is 60.7 Å². The topological polar surface area (TPSA) is 95.1 Å². The number of rotatable bonds is 7. The molecule has 3 aromatic carbocycles. The fraction of sp³-hybridized carbons (Fsp3) is 0.120. The number of halogens is 1. The summed E-state index contributed by atoms with van der Waals surface area (Å²) in [6.07, 6.45) is 1.53. The van der Waals surface area contributed by atoms with Gasteiger partial charge in [-0.05, 0) is 48.0 Å². The molecule has 1 aliphatic rings. The minimum atomic E-state index is -0.551. The van der Waals surface area contributed by atoms with Gasteiger partial charge in [-0.15, -0.1) is 0 Å². The Morgan fingerprint density at radius 3 is 2.47 bits per heavy atom. The van der Waals surface area contributed by atoms with E-state index in [1.807, 2.05) is 0 Å². The monoisotopic (exact) mass is 480 g/mol. The van der Waals surface area contributed by atoms with Crippen molar-refractivity contribution in [3.05, 3.63) is 82.5 Å². The normalized spacial score (nSPS) is 12.1. The zero-order chi connectivity index (χ0) is 24.1. The molecule has 0 atom stereocenters. The summed E-state index contributed by atoms with van der Waals surface area (Å²) in [5.41, 5.74) is 1.31. The predicted molar refractivity (Wildman–Crippen MR) is 128 cm³/mol. The highest BCUT2D eigenvalue weighted by Crippen LogP contribution is 2.33. The molecule has 1 aliphatic heterocycles. The SMILES string of the molecule is COc1ccc(NC(=O)C(=Cc2ccc3c(c2)OCO3)NC(=O)c2ccccc2Cl)cc1OC. The molecule has 1 heterocycles. The van der Waals surface area contributed by atoms with Crippen LogP contribution in [0.25, 0.3) is 6.08 Å². The molecule has 2 amide bonds. The van der Waals surface area contributed by atoms with Crippen molar-refractivity contribution in [3.8, 4) is 23.0 Å². The van der Waals surface area contributed by atoms with Crippen molar-refractivity contribution in [2.24, 2.45) is 0 Å². The van der Waals surface area contributed by atoms with Crippen LogP contribution in [-0.2, 0) is 4.79 Å². The maximum Gasteiger partial charge on any atom is 0.272 e. The molecule has 8 nitrogen and oxygen atoms in total. The Morgan fingerprint density at radius 1 is 0.941 bits per heavy atom. The standard InChI is InChI=1S/C25H21ClN2O6/c1-31-20-10-8-16(13-22(20)32-2)27-25(30)19(28-24(29)17-5-3-4-6-18(17)26)11-15-7-9-21-23(12-15)34-14-33-21/h3-13H,14H2,1-2H3,(H,27,30)(H,28,29). The first-order chi connectivity index (χ1) is 16.5. The minimum Gasteiger partial charge on any atom is -0.493 e. The number of carbonyl (C=O) groups is 2. The number of methoxy groups -OCH3 is 2. The van der Waals surface area contributed by atoms with Gasteiger partial charge in [-0.3, -0.25) is 9.59 Å². The van der Waals surface area contributed by atoms with Gasteiger partial charge < -0.3 is 29.6 Å². The van der Waals surface area contributed by atoms with Gasteiger partial charge in [-0.1, -0.05) is 29.8 Å². The van der Waals surface area contributed by atoms with Crippen LogP contribution in [0.15, 0.2) is 66.4 Å². The van der Waals surface area contributed by atoms with Gasteiger partial charge >= 0.3 is 0 Å². The molecule has 0 aliphatic carbocycles. The number of hydrogen-bond donors (Lipinski definition) is 2. The Morgan fingerprint density at radius 2 is 1.71 bits per heavy atom. The number of amides is 2. The van der Waals surface area contributed by atoms with E-state index in [0.717, 1.165) is 0 Å². The Hall–Kier alpha value is -4.17. The second-order valence-electron chi connectivity index (χ2n) is 7.13. The Bertz CT molecular complexity index is 1270. The first-order valence-electron chi connectivity index (χ1n) is 10.2. The summed E-state index contributed by atoms with van der Waals surface area (Å²) >= 11 is 6.16. The van der Waals surface area contributed by atoms with Crippen molar-refractivity contribution in [2.75, 3.05) is 26.3 Å². The first-order valence-corrected chi connectivity index (χ1v) is 10.6. The molecule has 0 fully saturated rings. The van der Waals surface area contributed by atoms with E-state index in [-0.39, 0.29) is 23.1 Å². The van der Waals surface area contributed by atoms with E-state index in [4.69, 9.17) is 30.5 Å². The van der Waals surface area contributed by atoms with Gasteiger partial charge in [0.2, 0.25) is 6.79 Å².